The second kappa shape index (κ2) is 9.57. The predicted octanol–water partition coefficient (Wildman–Crippen LogP) is 4.19. The Bertz CT molecular complexity index is 1620. The van der Waals surface area contributed by atoms with Gasteiger partial charge in [0.05, 0.1) is 34.9 Å². The molecule has 1 aliphatic heterocycles. The molecule has 3 N–H and O–H groups in total. The smallest absolute Gasteiger partial charge is 0.399 e. The molecule has 4 heterocycles. The van der Waals surface area contributed by atoms with Crippen LogP contribution in [0.15, 0.2) is 36.7 Å². The first-order valence-corrected chi connectivity index (χ1v) is 14.1. The van der Waals surface area contributed by atoms with E-state index >= 15 is 0 Å². The lowest BCUT2D eigenvalue weighted by molar-refractivity contribution is -0.137. The number of nitrogen functional groups attached to an aromatic ring is 1. The summed E-state index contributed by atoms with van der Waals surface area (Å²) in [5, 5.41) is 13.4. The second-order valence-electron chi connectivity index (χ2n) is 9.53. The van der Waals surface area contributed by atoms with Crippen molar-refractivity contribution in [1.29, 1.82) is 5.26 Å². The number of aromatic nitrogens is 4. The van der Waals surface area contributed by atoms with Crippen LogP contribution in [0.2, 0.25) is 0 Å². The number of nitriles is 1. The molecule has 1 aromatic carbocycles. The number of benzene rings is 1. The summed E-state index contributed by atoms with van der Waals surface area (Å²) >= 11 is 0. The van der Waals surface area contributed by atoms with E-state index in [4.69, 9.17) is 11.0 Å². The van der Waals surface area contributed by atoms with Crippen LogP contribution in [0.1, 0.15) is 29.9 Å². The summed E-state index contributed by atoms with van der Waals surface area (Å²) in [6.07, 6.45) is -0.337. The molecule has 3 aromatic heterocycles. The summed E-state index contributed by atoms with van der Waals surface area (Å²) < 4.78 is 56.1. The standard InChI is InChI=1S/C25H26F3N8OP/c1-15(17-11-18(25(26,27)28)13-19(30)12-17)32-22-20-14-21(38(37)9-7-35(5-3-29)8-10-38)24-31-4-6-36(24)23(20)34-16(2)33-22/h4,6,11-15H,5,7-10,30H2,1-2H3,(H,32,33,34)/t15-/m1/s1. The summed E-state index contributed by atoms with van der Waals surface area (Å²) in [7, 11) is -2.86. The highest BCUT2D eigenvalue weighted by molar-refractivity contribution is 7.72. The number of hydrogen-bond donors (Lipinski definition) is 2. The van der Waals surface area contributed by atoms with Crippen molar-refractivity contribution in [2.24, 2.45) is 0 Å². The van der Waals surface area contributed by atoms with E-state index in [2.05, 4.69) is 26.3 Å². The second-order valence-corrected chi connectivity index (χ2v) is 12.7. The largest absolute Gasteiger partial charge is 0.416 e. The van der Waals surface area contributed by atoms with Crippen molar-refractivity contribution >= 4 is 40.6 Å². The molecule has 0 radical (unpaired) electrons. The Morgan fingerprint density at radius 2 is 1.92 bits per heavy atom. The molecule has 198 valence electrons. The van der Waals surface area contributed by atoms with Crippen molar-refractivity contribution < 1.29 is 17.7 Å². The highest BCUT2D eigenvalue weighted by atomic mass is 31.2. The Morgan fingerprint density at radius 1 is 1.18 bits per heavy atom. The molecular formula is C25H26F3N8OP. The number of rotatable bonds is 5. The van der Waals surface area contributed by atoms with Gasteiger partial charge < -0.3 is 15.6 Å². The van der Waals surface area contributed by atoms with Gasteiger partial charge in [0.2, 0.25) is 0 Å². The molecule has 5 rings (SSSR count). The molecule has 0 saturated carbocycles. The number of imidazole rings is 1. The third-order valence-corrected chi connectivity index (χ3v) is 9.91. The van der Waals surface area contributed by atoms with Crippen LogP contribution in [0.5, 0.6) is 0 Å². The maximum Gasteiger partial charge on any atom is 0.416 e. The molecule has 0 amide bonds. The SMILES string of the molecule is Cc1nc(N[C@H](C)c2cc(N)cc(C(F)(F)F)c2)c2cc(P3(=O)CCN(CC#N)CC3)c3nccn3c2n1. The van der Waals surface area contributed by atoms with Crippen LogP contribution in [0.25, 0.3) is 16.7 Å². The minimum atomic E-state index is -4.53. The van der Waals surface area contributed by atoms with Crippen LogP contribution in [-0.2, 0) is 10.7 Å². The van der Waals surface area contributed by atoms with Gasteiger partial charge in [-0.1, -0.05) is 0 Å². The zero-order valence-electron chi connectivity index (χ0n) is 20.8. The third-order valence-electron chi connectivity index (χ3n) is 6.86. The first-order valence-electron chi connectivity index (χ1n) is 12.0. The molecule has 9 nitrogen and oxygen atoms in total. The normalized spacial score (nSPS) is 16.9. The molecule has 1 saturated heterocycles. The lowest BCUT2D eigenvalue weighted by Crippen LogP contribution is -2.37. The Hall–Kier alpha value is -3.68. The zero-order chi connectivity index (χ0) is 27.2. The summed E-state index contributed by atoms with van der Waals surface area (Å²) in [5.74, 6) is 0.859. The number of fused-ring (bicyclic) bond motifs is 3. The number of nitrogens with zero attached hydrogens (tertiary/aromatic N) is 6. The van der Waals surface area contributed by atoms with Gasteiger partial charge in [-0.05, 0) is 43.7 Å². The number of pyridine rings is 1. The summed E-state index contributed by atoms with van der Waals surface area (Å²) in [5.41, 5.74) is 6.41. The minimum Gasteiger partial charge on any atom is -0.399 e. The highest BCUT2D eigenvalue weighted by Crippen LogP contribution is 2.48. The van der Waals surface area contributed by atoms with Gasteiger partial charge in [-0.15, -0.1) is 0 Å². The zero-order valence-corrected chi connectivity index (χ0v) is 21.7. The minimum absolute atomic E-state index is 0.00967. The highest BCUT2D eigenvalue weighted by Gasteiger charge is 2.34. The first-order chi connectivity index (χ1) is 18.0. The topological polar surface area (TPSA) is 125 Å². The van der Waals surface area contributed by atoms with E-state index < -0.39 is 24.9 Å². The first kappa shape index (κ1) is 25.9. The van der Waals surface area contributed by atoms with E-state index in [1.807, 2.05) is 4.90 Å². The lowest BCUT2D eigenvalue weighted by atomic mass is 10.0. The van der Waals surface area contributed by atoms with E-state index in [0.717, 1.165) is 12.1 Å². The van der Waals surface area contributed by atoms with Crippen molar-refractivity contribution in [2.75, 3.05) is 43.0 Å². The quantitative estimate of drug-likeness (QED) is 0.219. The van der Waals surface area contributed by atoms with E-state index in [-0.39, 0.29) is 12.2 Å². The summed E-state index contributed by atoms with van der Waals surface area (Å²) in [6.45, 7) is 4.82. The maximum absolute atomic E-state index is 14.2. The maximum atomic E-state index is 14.2. The number of alkyl halides is 3. The van der Waals surface area contributed by atoms with Crippen LogP contribution < -0.4 is 16.4 Å². The Labute approximate surface area is 216 Å². The number of nitrogens with one attached hydrogen (secondary N) is 1. The monoisotopic (exact) mass is 542 g/mol. The van der Waals surface area contributed by atoms with Gasteiger partial charge in [-0.3, -0.25) is 9.30 Å². The van der Waals surface area contributed by atoms with Crippen molar-refractivity contribution in [2.45, 2.75) is 26.1 Å². The van der Waals surface area contributed by atoms with Crippen LogP contribution in [0.4, 0.5) is 24.7 Å². The van der Waals surface area contributed by atoms with Gasteiger partial charge in [0, 0.05) is 43.5 Å². The molecule has 0 aliphatic carbocycles. The van der Waals surface area contributed by atoms with E-state index in [1.54, 1.807) is 36.7 Å². The average Bonchev–Trinajstić information content (AvgIpc) is 3.35. The number of anilines is 2. The Kier molecular flexibility index (Phi) is 6.53. The number of halogens is 3. The van der Waals surface area contributed by atoms with Gasteiger partial charge in [0.1, 0.15) is 24.4 Å². The van der Waals surface area contributed by atoms with Crippen molar-refractivity contribution in [3.63, 3.8) is 0 Å². The molecule has 1 aliphatic rings. The van der Waals surface area contributed by atoms with Crippen LogP contribution >= 0.6 is 7.14 Å². The lowest BCUT2D eigenvalue weighted by Gasteiger charge is -2.31. The Balaban J connectivity index is 1.59. The average molecular weight is 543 g/mol. The van der Waals surface area contributed by atoms with E-state index in [9.17, 15) is 17.7 Å². The molecular weight excluding hydrogens is 516 g/mol. The molecule has 4 aromatic rings. The van der Waals surface area contributed by atoms with Crippen LogP contribution in [0.3, 0.4) is 0 Å². The fourth-order valence-corrected chi connectivity index (χ4v) is 7.68. The van der Waals surface area contributed by atoms with E-state index in [1.165, 1.54) is 6.07 Å². The van der Waals surface area contributed by atoms with Crippen molar-refractivity contribution in [3.8, 4) is 6.07 Å². The fourth-order valence-electron chi connectivity index (χ4n) is 4.87. The van der Waals surface area contributed by atoms with Crippen LogP contribution in [-0.4, -0.2) is 56.2 Å². The molecule has 0 spiro atoms. The molecule has 38 heavy (non-hydrogen) atoms. The molecule has 0 unspecified atom stereocenters. The molecule has 13 heteroatoms. The van der Waals surface area contributed by atoms with Gasteiger partial charge in [-0.25, -0.2) is 15.0 Å². The third kappa shape index (κ3) is 4.79. The van der Waals surface area contributed by atoms with Crippen LogP contribution in [0, 0.1) is 18.3 Å². The van der Waals surface area contributed by atoms with Gasteiger partial charge in [-0.2, -0.15) is 18.4 Å². The number of aryl methyl sites for hydroxylation is 1. The van der Waals surface area contributed by atoms with Gasteiger partial charge >= 0.3 is 6.18 Å². The predicted molar refractivity (Wildman–Crippen MR) is 140 cm³/mol. The molecule has 1 fully saturated rings. The summed E-state index contributed by atoms with van der Waals surface area (Å²) in [6, 6.07) is 6.82. The molecule has 1 atom stereocenters. The Morgan fingerprint density at radius 3 is 2.61 bits per heavy atom. The van der Waals surface area contributed by atoms with Crippen molar-refractivity contribution in [1.82, 2.24) is 24.3 Å². The fraction of sp³-hybridized carbons (Fsp3) is 0.360. The number of nitrogens with two attached hydrogens (primary N) is 1. The van der Waals surface area contributed by atoms with E-state index in [0.29, 0.717) is 64.6 Å². The van der Waals surface area contributed by atoms with Gasteiger partial charge in [0.25, 0.3) is 0 Å². The molecule has 0 bridgehead atoms. The van der Waals surface area contributed by atoms with Gasteiger partial charge in [0.15, 0.2) is 5.65 Å². The number of hydrogen-bond acceptors (Lipinski definition) is 8. The van der Waals surface area contributed by atoms with Crippen molar-refractivity contribution in [3.05, 3.63) is 53.6 Å². The summed E-state index contributed by atoms with van der Waals surface area (Å²) in [4.78, 5) is 15.6.